The molecular formula is C17H17FN2O4S. The van der Waals surface area contributed by atoms with Crippen LogP contribution in [-0.4, -0.2) is 32.9 Å². The van der Waals surface area contributed by atoms with Crippen LogP contribution in [0.2, 0.25) is 0 Å². The van der Waals surface area contributed by atoms with Crippen LogP contribution in [0.15, 0.2) is 48.5 Å². The molecule has 0 saturated heterocycles. The molecule has 0 bridgehead atoms. The van der Waals surface area contributed by atoms with Gasteiger partial charge >= 0.3 is 0 Å². The molecular weight excluding hydrogens is 347 g/mol. The Balaban J connectivity index is 2.20. The molecule has 0 aliphatic rings. The number of amides is 1. The Kier molecular flexibility index (Phi) is 5.53. The SMILES string of the molecule is CC(=O)c1ccc(N(CC(=O)Nc2cccc(F)c2)S(C)(=O)=O)cc1. The standard InChI is InChI=1S/C17H17FN2O4S/c1-12(21)13-6-8-16(9-7-13)20(25(2,23)24)11-17(22)19-15-5-3-4-14(18)10-15/h3-10H,11H2,1-2H3,(H,19,22). The summed E-state index contributed by atoms with van der Waals surface area (Å²) in [6.07, 6.45) is 0.974. The number of ketones is 1. The van der Waals surface area contributed by atoms with Crippen LogP contribution in [-0.2, 0) is 14.8 Å². The second kappa shape index (κ2) is 7.43. The third-order valence-corrected chi connectivity index (χ3v) is 4.50. The zero-order valence-corrected chi connectivity index (χ0v) is 14.5. The zero-order chi connectivity index (χ0) is 18.6. The Bertz CT molecular complexity index is 895. The summed E-state index contributed by atoms with van der Waals surface area (Å²) in [4.78, 5) is 23.4. The summed E-state index contributed by atoms with van der Waals surface area (Å²) < 4.78 is 38.1. The third kappa shape index (κ3) is 5.12. The smallest absolute Gasteiger partial charge is 0.245 e. The number of carbonyl (C=O) groups excluding carboxylic acids is 2. The van der Waals surface area contributed by atoms with Crippen LogP contribution >= 0.6 is 0 Å². The number of nitrogens with zero attached hydrogens (tertiary/aromatic N) is 1. The average molecular weight is 364 g/mol. The lowest BCUT2D eigenvalue weighted by Crippen LogP contribution is -2.37. The largest absolute Gasteiger partial charge is 0.324 e. The molecule has 0 saturated carbocycles. The fraction of sp³-hybridized carbons (Fsp3) is 0.176. The van der Waals surface area contributed by atoms with E-state index < -0.39 is 28.3 Å². The molecule has 0 heterocycles. The number of nitrogens with one attached hydrogen (secondary N) is 1. The second-order valence-corrected chi connectivity index (χ2v) is 7.34. The second-order valence-electron chi connectivity index (χ2n) is 5.43. The summed E-state index contributed by atoms with van der Waals surface area (Å²) in [6, 6.07) is 11.2. The molecule has 0 aromatic heterocycles. The Morgan fingerprint density at radius 1 is 1.12 bits per heavy atom. The first-order valence-corrected chi connectivity index (χ1v) is 9.16. The number of sulfonamides is 1. The minimum atomic E-state index is -3.73. The van der Waals surface area contributed by atoms with Gasteiger partial charge < -0.3 is 5.32 Å². The maximum atomic E-state index is 13.2. The molecule has 2 aromatic carbocycles. The maximum absolute atomic E-state index is 13.2. The van der Waals surface area contributed by atoms with Gasteiger partial charge in [-0.05, 0) is 49.4 Å². The van der Waals surface area contributed by atoms with Gasteiger partial charge in [0.1, 0.15) is 12.4 Å². The Morgan fingerprint density at radius 3 is 2.28 bits per heavy atom. The lowest BCUT2D eigenvalue weighted by molar-refractivity contribution is -0.114. The van der Waals surface area contributed by atoms with E-state index in [1.165, 1.54) is 49.4 Å². The van der Waals surface area contributed by atoms with E-state index in [4.69, 9.17) is 0 Å². The third-order valence-electron chi connectivity index (χ3n) is 3.36. The highest BCUT2D eigenvalue weighted by atomic mass is 32.2. The van der Waals surface area contributed by atoms with E-state index in [-0.39, 0.29) is 17.2 Å². The van der Waals surface area contributed by atoms with Crippen LogP contribution in [0.25, 0.3) is 0 Å². The highest BCUT2D eigenvalue weighted by Crippen LogP contribution is 2.19. The Hall–Kier alpha value is -2.74. The fourth-order valence-electron chi connectivity index (χ4n) is 2.16. The number of anilines is 2. The fourth-order valence-corrected chi connectivity index (χ4v) is 3.02. The molecule has 132 valence electrons. The van der Waals surface area contributed by atoms with Crippen molar-refractivity contribution < 1.29 is 22.4 Å². The minimum absolute atomic E-state index is 0.152. The highest BCUT2D eigenvalue weighted by Gasteiger charge is 2.21. The van der Waals surface area contributed by atoms with Crippen molar-refractivity contribution in [3.05, 3.63) is 59.9 Å². The van der Waals surface area contributed by atoms with Crippen molar-refractivity contribution in [2.75, 3.05) is 22.4 Å². The van der Waals surface area contributed by atoms with Crippen molar-refractivity contribution in [2.24, 2.45) is 0 Å². The van der Waals surface area contributed by atoms with Gasteiger partial charge in [0.2, 0.25) is 15.9 Å². The molecule has 0 fully saturated rings. The van der Waals surface area contributed by atoms with E-state index in [0.29, 0.717) is 5.56 Å². The van der Waals surface area contributed by atoms with E-state index in [0.717, 1.165) is 16.6 Å². The van der Waals surface area contributed by atoms with E-state index in [1.807, 2.05) is 0 Å². The van der Waals surface area contributed by atoms with Gasteiger partial charge in [-0.1, -0.05) is 6.07 Å². The van der Waals surface area contributed by atoms with Crippen molar-refractivity contribution in [1.82, 2.24) is 0 Å². The number of Topliss-reactive ketones (excluding diaryl/α,β-unsaturated/α-hetero) is 1. The summed E-state index contributed by atoms with van der Waals surface area (Å²) >= 11 is 0. The summed E-state index contributed by atoms with van der Waals surface area (Å²) in [6.45, 7) is 0.921. The van der Waals surface area contributed by atoms with E-state index in [2.05, 4.69) is 5.32 Å². The molecule has 1 N–H and O–H groups in total. The molecule has 0 spiro atoms. The number of carbonyl (C=O) groups is 2. The maximum Gasteiger partial charge on any atom is 0.245 e. The molecule has 25 heavy (non-hydrogen) atoms. The lowest BCUT2D eigenvalue weighted by Gasteiger charge is -2.22. The number of rotatable bonds is 6. The van der Waals surface area contributed by atoms with Gasteiger partial charge in [-0.2, -0.15) is 0 Å². The van der Waals surface area contributed by atoms with Crippen LogP contribution in [0.4, 0.5) is 15.8 Å². The van der Waals surface area contributed by atoms with E-state index in [9.17, 15) is 22.4 Å². The van der Waals surface area contributed by atoms with Crippen LogP contribution in [0.1, 0.15) is 17.3 Å². The zero-order valence-electron chi connectivity index (χ0n) is 13.7. The lowest BCUT2D eigenvalue weighted by atomic mass is 10.1. The molecule has 6 nitrogen and oxygen atoms in total. The topological polar surface area (TPSA) is 83.6 Å². The van der Waals surface area contributed by atoms with Crippen molar-refractivity contribution in [2.45, 2.75) is 6.92 Å². The number of hydrogen-bond donors (Lipinski definition) is 1. The molecule has 8 heteroatoms. The Labute approximate surface area is 145 Å². The predicted octanol–water partition coefficient (Wildman–Crippen LogP) is 2.43. The minimum Gasteiger partial charge on any atom is -0.324 e. The molecule has 2 rings (SSSR count). The van der Waals surface area contributed by atoms with Gasteiger partial charge in [-0.15, -0.1) is 0 Å². The number of hydrogen-bond acceptors (Lipinski definition) is 4. The Morgan fingerprint density at radius 2 is 1.76 bits per heavy atom. The predicted molar refractivity (Wildman–Crippen MR) is 93.7 cm³/mol. The van der Waals surface area contributed by atoms with Gasteiger partial charge in [0, 0.05) is 11.3 Å². The van der Waals surface area contributed by atoms with Crippen molar-refractivity contribution in [3.63, 3.8) is 0 Å². The molecule has 2 aromatic rings. The van der Waals surface area contributed by atoms with Gasteiger partial charge in [0.15, 0.2) is 5.78 Å². The number of halogens is 1. The van der Waals surface area contributed by atoms with Crippen molar-refractivity contribution in [1.29, 1.82) is 0 Å². The first-order chi connectivity index (χ1) is 11.7. The van der Waals surface area contributed by atoms with Gasteiger partial charge in [0.25, 0.3) is 0 Å². The van der Waals surface area contributed by atoms with Gasteiger partial charge in [0.05, 0.1) is 11.9 Å². The molecule has 0 atom stereocenters. The van der Waals surface area contributed by atoms with Crippen molar-refractivity contribution in [3.8, 4) is 0 Å². The average Bonchev–Trinajstić information content (AvgIpc) is 2.51. The van der Waals surface area contributed by atoms with Crippen LogP contribution in [0, 0.1) is 5.82 Å². The first-order valence-electron chi connectivity index (χ1n) is 7.31. The summed E-state index contributed by atoms with van der Waals surface area (Å²) in [7, 11) is -3.73. The molecule has 0 radical (unpaired) electrons. The van der Waals surface area contributed by atoms with E-state index >= 15 is 0 Å². The van der Waals surface area contributed by atoms with Crippen LogP contribution in [0.5, 0.6) is 0 Å². The molecule has 1 amide bonds. The number of benzene rings is 2. The summed E-state index contributed by atoms with van der Waals surface area (Å²) in [5.74, 6) is -1.29. The summed E-state index contributed by atoms with van der Waals surface area (Å²) in [5.41, 5.74) is 0.911. The molecule has 0 aliphatic heterocycles. The van der Waals surface area contributed by atoms with Gasteiger partial charge in [-0.25, -0.2) is 12.8 Å². The van der Waals surface area contributed by atoms with Gasteiger partial charge in [-0.3, -0.25) is 13.9 Å². The quantitative estimate of drug-likeness (QED) is 0.798. The monoisotopic (exact) mass is 364 g/mol. The normalized spacial score (nSPS) is 11.0. The van der Waals surface area contributed by atoms with Crippen molar-refractivity contribution >= 4 is 33.1 Å². The molecule has 0 unspecified atom stereocenters. The van der Waals surface area contributed by atoms with Crippen LogP contribution in [0.3, 0.4) is 0 Å². The highest BCUT2D eigenvalue weighted by molar-refractivity contribution is 7.92. The summed E-state index contributed by atoms with van der Waals surface area (Å²) in [5, 5.41) is 2.45. The van der Waals surface area contributed by atoms with E-state index in [1.54, 1.807) is 0 Å². The molecule has 0 aliphatic carbocycles. The first kappa shape index (κ1) is 18.6. The van der Waals surface area contributed by atoms with Crippen LogP contribution < -0.4 is 9.62 Å².